The fraction of sp³-hybridized carbons (Fsp3) is 0.212. The fourth-order valence-electron chi connectivity index (χ4n) is 4.75. The number of ether oxygens (including phenoxy) is 1. The second-order valence-corrected chi connectivity index (χ2v) is 11.9. The Labute approximate surface area is 245 Å². The van der Waals surface area contributed by atoms with Crippen LogP contribution in [0.5, 0.6) is 5.75 Å². The Hall–Kier alpha value is -4.63. The summed E-state index contributed by atoms with van der Waals surface area (Å²) in [6.07, 6.45) is 1.66. The molecule has 4 aromatic carbocycles. The summed E-state index contributed by atoms with van der Waals surface area (Å²) in [6.45, 7) is 4.54. The summed E-state index contributed by atoms with van der Waals surface area (Å²) < 4.78 is 36.7. The van der Waals surface area contributed by atoms with Gasteiger partial charge in [-0.05, 0) is 61.4 Å². The van der Waals surface area contributed by atoms with Crippen molar-refractivity contribution in [3.05, 3.63) is 120 Å². The Bertz CT molecular complexity index is 1780. The van der Waals surface area contributed by atoms with Crippen molar-refractivity contribution >= 4 is 32.7 Å². The second-order valence-electron chi connectivity index (χ2n) is 10.2. The molecule has 0 amide bonds. The fourth-order valence-corrected chi connectivity index (χ4v) is 5.80. The number of sulfonamides is 1. The molecule has 0 aliphatic carbocycles. The van der Waals surface area contributed by atoms with E-state index in [1.54, 1.807) is 66.7 Å². The zero-order valence-corrected chi connectivity index (χ0v) is 24.3. The van der Waals surface area contributed by atoms with Crippen LogP contribution in [0.4, 0.5) is 5.69 Å². The first kappa shape index (κ1) is 28.9. The number of hydrogen-bond donors (Lipinski definition) is 2. The summed E-state index contributed by atoms with van der Waals surface area (Å²) >= 11 is 0. The SMILES string of the molecule is CCCCc1nc2ccc(NS(=O)(=O)c3ccc(C)cc3)cc2n1Cc1ccc(OC(C(=O)O)c2ccccc2)cc1. The van der Waals surface area contributed by atoms with E-state index in [0.717, 1.165) is 47.2 Å². The Balaban J connectivity index is 1.41. The molecule has 0 aliphatic rings. The van der Waals surface area contributed by atoms with E-state index in [4.69, 9.17) is 9.72 Å². The number of anilines is 1. The molecule has 0 spiro atoms. The maximum absolute atomic E-state index is 13.0. The summed E-state index contributed by atoms with van der Waals surface area (Å²) in [6, 6.07) is 28.3. The summed E-state index contributed by atoms with van der Waals surface area (Å²) in [5.74, 6) is 0.301. The van der Waals surface area contributed by atoms with E-state index >= 15 is 0 Å². The van der Waals surface area contributed by atoms with Gasteiger partial charge in [0.2, 0.25) is 6.10 Å². The van der Waals surface area contributed by atoms with Gasteiger partial charge >= 0.3 is 5.97 Å². The number of unbranched alkanes of at least 4 members (excludes halogenated alkanes) is 1. The van der Waals surface area contributed by atoms with Crippen LogP contribution in [0.15, 0.2) is 102 Å². The minimum Gasteiger partial charge on any atom is -0.478 e. The van der Waals surface area contributed by atoms with Gasteiger partial charge in [-0.15, -0.1) is 0 Å². The van der Waals surface area contributed by atoms with Crippen LogP contribution in [0, 0.1) is 6.92 Å². The van der Waals surface area contributed by atoms with Crippen molar-refractivity contribution in [2.24, 2.45) is 0 Å². The summed E-state index contributed by atoms with van der Waals surface area (Å²) in [5, 5.41) is 9.71. The van der Waals surface area contributed by atoms with Gasteiger partial charge in [-0.2, -0.15) is 0 Å². The van der Waals surface area contributed by atoms with Crippen molar-refractivity contribution in [2.75, 3.05) is 4.72 Å². The minimum absolute atomic E-state index is 0.199. The Morgan fingerprint density at radius 2 is 1.69 bits per heavy atom. The number of aromatic nitrogens is 2. The van der Waals surface area contributed by atoms with Gasteiger partial charge in [0.15, 0.2) is 0 Å². The van der Waals surface area contributed by atoms with Gasteiger partial charge in [0.25, 0.3) is 10.0 Å². The standard InChI is InChI=1S/C33H33N3O5S/c1-3-4-10-31-34-29-20-15-26(35-42(39,40)28-18-11-23(2)12-19-28)21-30(29)36(31)22-24-13-16-27(17-14-24)41-32(33(37)38)25-8-6-5-7-9-25/h5-9,11-21,32,35H,3-4,10,22H2,1-2H3,(H,37,38). The average Bonchev–Trinajstić information content (AvgIpc) is 3.32. The predicted molar refractivity (Wildman–Crippen MR) is 163 cm³/mol. The van der Waals surface area contributed by atoms with Crippen molar-refractivity contribution in [2.45, 2.75) is 50.7 Å². The van der Waals surface area contributed by atoms with Gasteiger partial charge in [-0.3, -0.25) is 4.72 Å². The number of imidazole rings is 1. The van der Waals surface area contributed by atoms with Crippen LogP contribution in [-0.2, 0) is 27.8 Å². The molecule has 1 heterocycles. The molecule has 2 N–H and O–H groups in total. The van der Waals surface area contributed by atoms with Crippen molar-refractivity contribution < 1.29 is 23.1 Å². The van der Waals surface area contributed by atoms with Gasteiger partial charge in [-0.1, -0.05) is 73.5 Å². The highest BCUT2D eigenvalue weighted by Gasteiger charge is 2.22. The monoisotopic (exact) mass is 583 g/mol. The largest absolute Gasteiger partial charge is 0.478 e. The highest BCUT2D eigenvalue weighted by molar-refractivity contribution is 7.92. The van der Waals surface area contributed by atoms with Gasteiger partial charge in [0.05, 0.1) is 21.6 Å². The highest BCUT2D eigenvalue weighted by atomic mass is 32.2. The molecule has 0 saturated heterocycles. The lowest BCUT2D eigenvalue weighted by Crippen LogP contribution is -2.18. The summed E-state index contributed by atoms with van der Waals surface area (Å²) in [4.78, 5) is 16.9. The quantitative estimate of drug-likeness (QED) is 0.168. The second kappa shape index (κ2) is 12.5. The van der Waals surface area contributed by atoms with E-state index in [-0.39, 0.29) is 4.90 Å². The number of carboxylic acids is 1. The number of fused-ring (bicyclic) bond motifs is 1. The van der Waals surface area contributed by atoms with Gasteiger partial charge < -0.3 is 14.4 Å². The van der Waals surface area contributed by atoms with E-state index in [9.17, 15) is 18.3 Å². The Morgan fingerprint density at radius 3 is 2.36 bits per heavy atom. The summed E-state index contributed by atoms with van der Waals surface area (Å²) in [7, 11) is -3.75. The van der Waals surface area contributed by atoms with E-state index in [0.29, 0.717) is 23.5 Å². The highest BCUT2D eigenvalue weighted by Crippen LogP contribution is 2.27. The molecule has 5 rings (SSSR count). The van der Waals surface area contributed by atoms with Gasteiger partial charge in [0.1, 0.15) is 11.6 Å². The Kier molecular flexibility index (Phi) is 8.59. The van der Waals surface area contributed by atoms with Crippen LogP contribution in [0.3, 0.4) is 0 Å². The van der Waals surface area contributed by atoms with Crippen LogP contribution in [0.25, 0.3) is 11.0 Å². The maximum Gasteiger partial charge on any atom is 0.349 e. The maximum atomic E-state index is 13.0. The van der Waals surface area contributed by atoms with Crippen molar-refractivity contribution in [1.29, 1.82) is 0 Å². The van der Waals surface area contributed by atoms with Gasteiger partial charge in [0, 0.05) is 18.5 Å². The van der Waals surface area contributed by atoms with Crippen molar-refractivity contribution in [3.63, 3.8) is 0 Å². The lowest BCUT2D eigenvalue weighted by atomic mass is 10.1. The molecule has 1 aromatic heterocycles. The number of rotatable bonds is 12. The molecule has 5 aromatic rings. The molecule has 0 fully saturated rings. The number of nitrogens with zero attached hydrogens (tertiary/aromatic N) is 2. The van der Waals surface area contributed by atoms with Crippen LogP contribution in [0.1, 0.15) is 48.4 Å². The third kappa shape index (κ3) is 6.63. The smallest absolute Gasteiger partial charge is 0.349 e. The third-order valence-corrected chi connectivity index (χ3v) is 8.41. The lowest BCUT2D eigenvalue weighted by molar-refractivity contribution is -0.145. The van der Waals surface area contributed by atoms with E-state index in [1.807, 2.05) is 37.3 Å². The Morgan fingerprint density at radius 1 is 0.976 bits per heavy atom. The lowest BCUT2D eigenvalue weighted by Gasteiger charge is -2.16. The number of carboxylic acid groups (broad SMARTS) is 1. The average molecular weight is 584 g/mol. The molecule has 0 saturated carbocycles. The number of hydrogen-bond acceptors (Lipinski definition) is 5. The molecule has 0 radical (unpaired) electrons. The molecule has 0 bridgehead atoms. The van der Waals surface area contributed by atoms with Crippen LogP contribution in [0.2, 0.25) is 0 Å². The van der Waals surface area contributed by atoms with Crippen molar-refractivity contribution in [3.8, 4) is 5.75 Å². The van der Waals surface area contributed by atoms with Crippen molar-refractivity contribution in [1.82, 2.24) is 9.55 Å². The molecule has 8 nitrogen and oxygen atoms in total. The predicted octanol–water partition coefficient (Wildman–Crippen LogP) is 6.74. The molecule has 1 atom stereocenters. The number of carbonyl (C=O) groups is 1. The number of benzene rings is 4. The molecule has 9 heteroatoms. The van der Waals surface area contributed by atoms with Crippen LogP contribution in [-0.4, -0.2) is 29.0 Å². The van der Waals surface area contributed by atoms with Crippen LogP contribution < -0.4 is 9.46 Å². The molecular weight excluding hydrogens is 550 g/mol. The molecular formula is C33H33N3O5S. The molecule has 0 aliphatic heterocycles. The minimum atomic E-state index is -3.75. The zero-order chi connectivity index (χ0) is 29.7. The first-order chi connectivity index (χ1) is 20.2. The first-order valence-corrected chi connectivity index (χ1v) is 15.3. The summed E-state index contributed by atoms with van der Waals surface area (Å²) in [5.41, 5.74) is 4.57. The first-order valence-electron chi connectivity index (χ1n) is 13.9. The third-order valence-electron chi connectivity index (χ3n) is 7.01. The zero-order valence-electron chi connectivity index (χ0n) is 23.5. The number of aliphatic carboxylic acids is 1. The topological polar surface area (TPSA) is 111 Å². The van der Waals surface area contributed by atoms with E-state index < -0.39 is 22.1 Å². The molecule has 1 unspecified atom stereocenters. The van der Waals surface area contributed by atoms with E-state index in [2.05, 4.69) is 16.2 Å². The van der Waals surface area contributed by atoms with Crippen LogP contribution >= 0.6 is 0 Å². The van der Waals surface area contributed by atoms with Gasteiger partial charge in [-0.25, -0.2) is 18.2 Å². The molecule has 42 heavy (non-hydrogen) atoms. The van der Waals surface area contributed by atoms with E-state index in [1.165, 1.54) is 0 Å². The molecule has 216 valence electrons. The normalized spacial score (nSPS) is 12.2. The number of nitrogens with one attached hydrogen (secondary N) is 1. The number of aryl methyl sites for hydroxylation is 2.